The monoisotopic (exact) mass is 493 g/mol. The molecule has 8 heteroatoms. The number of aliphatic imine (C=N–C) groups is 1. The number of amides is 2. The number of methoxy groups -OCH3 is 2. The Morgan fingerprint density at radius 3 is 2.57 bits per heavy atom. The molecule has 1 aliphatic carbocycles. The van der Waals surface area contributed by atoms with Gasteiger partial charge in [-0.1, -0.05) is 49.7 Å². The first-order valence-corrected chi connectivity index (χ1v) is 12.8. The summed E-state index contributed by atoms with van der Waals surface area (Å²) in [5.41, 5.74) is 1.78. The van der Waals surface area contributed by atoms with Crippen LogP contribution in [0.15, 0.2) is 59.2 Å². The van der Waals surface area contributed by atoms with E-state index in [9.17, 15) is 9.59 Å². The van der Waals surface area contributed by atoms with Crippen LogP contribution in [0.3, 0.4) is 0 Å². The van der Waals surface area contributed by atoms with Gasteiger partial charge in [0.1, 0.15) is 17.2 Å². The quantitative estimate of drug-likeness (QED) is 0.557. The van der Waals surface area contributed by atoms with E-state index < -0.39 is 0 Å². The molecular weight excluding hydrogens is 462 g/mol. The van der Waals surface area contributed by atoms with Crippen LogP contribution in [0.4, 0.5) is 5.69 Å². The minimum Gasteiger partial charge on any atom is -0.497 e. The standard InChI is InChI=1S/C27H31N3O4S/c1-18-7-4-5-10-23(18)28-25(31)17-35-27-29-24(15-19-11-13-21(33-2)14-12-19)26(32)30(27)20-8-6-9-22(16-20)34-3/h6,8-9,11-16,18,23H,4-5,7,10,17H2,1-3H3,(H,28,31)/b24-15-. The second-order valence-corrected chi connectivity index (χ2v) is 9.71. The molecule has 0 radical (unpaired) electrons. The molecule has 2 aromatic rings. The van der Waals surface area contributed by atoms with Crippen molar-refractivity contribution in [3.05, 3.63) is 59.8 Å². The van der Waals surface area contributed by atoms with Gasteiger partial charge in [0, 0.05) is 12.1 Å². The highest BCUT2D eigenvalue weighted by molar-refractivity contribution is 8.14. The van der Waals surface area contributed by atoms with E-state index in [1.807, 2.05) is 42.5 Å². The summed E-state index contributed by atoms with van der Waals surface area (Å²) in [7, 11) is 3.19. The Kier molecular flexibility index (Phi) is 8.13. The molecule has 0 bridgehead atoms. The van der Waals surface area contributed by atoms with Crippen LogP contribution < -0.4 is 19.7 Å². The summed E-state index contributed by atoms with van der Waals surface area (Å²) >= 11 is 1.26. The lowest BCUT2D eigenvalue weighted by atomic mass is 9.86. The summed E-state index contributed by atoms with van der Waals surface area (Å²) < 4.78 is 10.6. The number of hydrogen-bond donors (Lipinski definition) is 1. The van der Waals surface area contributed by atoms with Gasteiger partial charge in [-0.3, -0.25) is 14.5 Å². The second kappa shape index (κ2) is 11.4. The Morgan fingerprint density at radius 2 is 1.86 bits per heavy atom. The van der Waals surface area contributed by atoms with Crippen molar-refractivity contribution in [1.29, 1.82) is 0 Å². The van der Waals surface area contributed by atoms with Crippen LogP contribution in [-0.2, 0) is 9.59 Å². The molecule has 2 unspecified atom stereocenters. The average Bonchev–Trinajstić information content (AvgIpc) is 3.19. The molecular formula is C27H31N3O4S. The fourth-order valence-corrected chi connectivity index (χ4v) is 5.16. The number of thioether (sulfide) groups is 1. The van der Waals surface area contributed by atoms with Gasteiger partial charge in [0.05, 0.1) is 25.7 Å². The predicted molar refractivity (Wildman–Crippen MR) is 141 cm³/mol. The minimum absolute atomic E-state index is 0.0397. The lowest BCUT2D eigenvalue weighted by Gasteiger charge is -2.29. The first kappa shape index (κ1) is 24.9. The van der Waals surface area contributed by atoms with Crippen molar-refractivity contribution in [2.24, 2.45) is 10.9 Å². The third kappa shape index (κ3) is 6.06. The number of amidine groups is 1. The second-order valence-electron chi connectivity index (χ2n) is 8.76. The van der Waals surface area contributed by atoms with Crippen LogP contribution in [0, 0.1) is 5.92 Å². The smallest absolute Gasteiger partial charge is 0.283 e. The normalized spacial score (nSPS) is 21.1. The van der Waals surface area contributed by atoms with Crippen molar-refractivity contribution < 1.29 is 19.1 Å². The fraction of sp³-hybridized carbons (Fsp3) is 0.370. The molecule has 4 rings (SSSR count). The summed E-state index contributed by atoms with van der Waals surface area (Å²) in [6.45, 7) is 2.19. The highest BCUT2D eigenvalue weighted by Crippen LogP contribution is 2.32. The molecule has 1 saturated carbocycles. The lowest BCUT2D eigenvalue weighted by Crippen LogP contribution is -2.42. The Bertz CT molecular complexity index is 1130. The van der Waals surface area contributed by atoms with Crippen LogP contribution in [-0.4, -0.2) is 43.0 Å². The first-order chi connectivity index (χ1) is 17.0. The molecule has 1 fully saturated rings. The molecule has 2 atom stereocenters. The van der Waals surface area contributed by atoms with Crippen LogP contribution in [0.1, 0.15) is 38.2 Å². The van der Waals surface area contributed by atoms with E-state index in [0.717, 1.165) is 30.6 Å². The highest BCUT2D eigenvalue weighted by atomic mass is 32.2. The van der Waals surface area contributed by atoms with Crippen molar-refractivity contribution >= 4 is 40.5 Å². The van der Waals surface area contributed by atoms with E-state index in [1.54, 1.807) is 31.3 Å². The van der Waals surface area contributed by atoms with Crippen molar-refractivity contribution in [1.82, 2.24) is 5.32 Å². The Morgan fingerprint density at radius 1 is 1.11 bits per heavy atom. The van der Waals surface area contributed by atoms with Crippen LogP contribution >= 0.6 is 11.8 Å². The van der Waals surface area contributed by atoms with E-state index in [2.05, 4.69) is 17.2 Å². The Labute approximate surface area is 210 Å². The maximum atomic E-state index is 13.4. The van der Waals surface area contributed by atoms with Crippen molar-refractivity contribution in [2.75, 3.05) is 24.9 Å². The molecule has 35 heavy (non-hydrogen) atoms. The van der Waals surface area contributed by atoms with Gasteiger partial charge in [0.15, 0.2) is 5.17 Å². The van der Waals surface area contributed by atoms with Crippen molar-refractivity contribution in [2.45, 2.75) is 38.6 Å². The number of carbonyl (C=O) groups excluding carboxylic acids is 2. The summed E-state index contributed by atoms with van der Waals surface area (Å²) in [4.78, 5) is 32.3. The number of rotatable bonds is 7. The topological polar surface area (TPSA) is 80.2 Å². The molecule has 2 aliphatic rings. The molecule has 0 spiro atoms. The molecule has 1 aliphatic heterocycles. The SMILES string of the molecule is COc1ccc(/C=C2\N=C(SCC(=O)NC3CCCCC3C)N(c3cccc(OC)c3)C2=O)cc1. The van der Waals surface area contributed by atoms with Crippen LogP contribution in [0.2, 0.25) is 0 Å². The number of benzene rings is 2. The number of nitrogens with zero attached hydrogens (tertiary/aromatic N) is 2. The fourth-order valence-electron chi connectivity index (χ4n) is 4.34. The molecule has 1 N–H and O–H groups in total. The van der Waals surface area contributed by atoms with Gasteiger partial charge in [-0.25, -0.2) is 4.99 Å². The number of hydrogen-bond acceptors (Lipinski definition) is 6. The molecule has 0 saturated heterocycles. The zero-order chi connectivity index (χ0) is 24.8. The number of anilines is 1. The third-order valence-corrected chi connectivity index (χ3v) is 7.29. The maximum Gasteiger partial charge on any atom is 0.283 e. The third-order valence-electron chi connectivity index (χ3n) is 6.35. The highest BCUT2D eigenvalue weighted by Gasteiger charge is 2.33. The van der Waals surface area contributed by atoms with Gasteiger partial charge in [0.2, 0.25) is 5.91 Å². The summed E-state index contributed by atoms with van der Waals surface area (Å²) in [5.74, 6) is 1.75. The summed E-state index contributed by atoms with van der Waals surface area (Å²) in [5, 5.41) is 3.64. The van der Waals surface area contributed by atoms with E-state index >= 15 is 0 Å². The minimum atomic E-state index is -0.252. The van der Waals surface area contributed by atoms with Gasteiger partial charge < -0.3 is 14.8 Å². The summed E-state index contributed by atoms with van der Waals surface area (Å²) in [6.07, 6.45) is 6.27. The van der Waals surface area contributed by atoms with Gasteiger partial charge in [0.25, 0.3) is 5.91 Å². The zero-order valence-electron chi connectivity index (χ0n) is 20.3. The zero-order valence-corrected chi connectivity index (χ0v) is 21.1. The van der Waals surface area contributed by atoms with Crippen molar-refractivity contribution in [3.63, 3.8) is 0 Å². The molecule has 1 heterocycles. The Balaban J connectivity index is 1.55. The lowest BCUT2D eigenvalue weighted by molar-refractivity contribution is -0.119. The number of ether oxygens (including phenoxy) is 2. The number of nitrogens with one attached hydrogen (secondary N) is 1. The summed E-state index contributed by atoms with van der Waals surface area (Å²) in [6, 6.07) is 14.9. The average molecular weight is 494 g/mol. The predicted octanol–water partition coefficient (Wildman–Crippen LogP) is 4.88. The van der Waals surface area contributed by atoms with Crippen molar-refractivity contribution in [3.8, 4) is 11.5 Å². The molecule has 184 valence electrons. The van der Waals surface area contributed by atoms with E-state index in [1.165, 1.54) is 18.2 Å². The van der Waals surface area contributed by atoms with Gasteiger partial charge in [-0.2, -0.15) is 0 Å². The Hall–Kier alpha value is -3.26. The van der Waals surface area contributed by atoms with E-state index in [4.69, 9.17) is 9.47 Å². The first-order valence-electron chi connectivity index (χ1n) is 11.8. The number of carbonyl (C=O) groups is 2. The largest absolute Gasteiger partial charge is 0.497 e. The molecule has 2 aromatic carbocycles. The van der Waals surface area contributed by atoms with Gasteiger partial charge in [-0.15, -0.1) is 0 Å². The van der Waals surface area contributed by atoms with Crippen LogP contribution in [0.5, 0.6) is 11.5 Å². The van der Waals surface area contributed by atoms with E-state index in [0.29, 0.717) is 28.2 Å². The van der Waals surface area contributed by atoms with Crippen LogP contribution in [0.25, 0.3) is 6.08 Å². The molecule has 2 amide bonds. The van der Waals surface area contributed by atoms with Gasteiger partial charge in [-0.05, 0) is 54.7 Å². The molecule has 0 aromatic heterocycles. The van der Waals surface area contributed by atoms with E-state index in [-0.39, 0.29) is 23.6 Å². The molecule has 7 nitrogen and oxygen atoms in total. The van der Waals surface area contributed by atoms with Gasteiger partial charge >= 0.3 is 0 Å². The maximum absolute atomic E-state index is 13.4.